The molecule has 1 aliphatic heterocycles. The Balaban J connectivity index is 1.58. The number of furan rings is 1. The molecule has 0 saturated carbocycles. The minimum Gasteiger partial charge on any atom is -0.497 e. The van der Waals surface area contributed by atoms with Gasteiger partial charge in [0.05, 0.1) is 37.1 Å². The van der Waals surface area contributed by atoms with Gasteiger partial charge in [-0.15, -0.1) is 11.8 Å². The first-order chi connectivity index (χ1) is 15.1. The van der Waals surface area contributed by atoms with Crippen molar-refractivity contribution in [1.82, 2.24) is 0 Å². The quantitative estimate of drug-likeness (QED) is 0.610. The second-order valence-electron chi connectivity index (χ2n) is 6.89. The van der Waals surface area contributed by atoms with Gasteiger partial charge in [0, 0.05) is 17.4 Å². The van der Waals surface area contributed by atoms with E-state index in [9.17, 15) is 9.59 Å². The Morgan fingerprint density at radius 2 is 2.00 bits per heavy atom. The number of anilines is 2. The number of fused-ring (bicyclic) bond motifs is 1. The minimum absolute atomic E-state index is 0.123. The third kappa shape index (κ3) is 4.54. The van der Waals surface area contributed by atoms with Gasteiger partial charge in [-0.25, -0.2) is 0 Å². The van der Waals surface area contributed by atoms with Gasteiger partial charge in [-0.3, -0.25) is 9.59 Å². The van der Waals surface area contributed by atoms with Crippen molar-refractivity contribution in [3.63, 3.8) is 0 Å². The number of carbonyl (C=O) groups is 2. The molecule has 160 valence electrons. The summed E-state index contributed by atoms with van der Waals surface area (Å²) in [5.41, 5.74) is 1.18. The number of hydrogen-bond acceptors (Lipinski definition) is 6. The maximum Gasteiger partial charge on any atom is 0.244 e. The van der Waals surface area contributed by atoms with E-state index in [0.717, 1.165) is 10.7 Å². The lowest BCUT2D eigenvalue weighted by atomic mass is 10.2. The third-order valence-electron chi connectivity index (χ3n) is 4.93. The molecule has 0 saturated heterocycles. The van der Waals surface area contributed by atoms with E-state index in [4.69, 9.17) is 13.9 Å². The normalized spacial score (nSPS) is 15.7. The number of carbonyl (C=O) groups excluding carboxylic acids is 2. The molecule has 0 aliphatic carbocycles. The molecule has 3 aromatic rings. The van der Waals surface area contributed by atoms with Crippen LogP contribution in [0.25, 0.3) is 0 Å². The van der Waals surface area contributed by atoms with Crippen LogP contribution >= 0.6 is 11.8 Å². The summed E-state index contributed by atoms with van der Waals surface area (Å²) in [6, 6.07) is 16.4. The van der Waals surface area contributed by atoms with Crippen LogP contribution in [0, 0.1) is 0 Å². The van der Waals surface area contributed by atoms with Gasteiger partial charge in [0.2, 0.25) is 11.8 Å². The zero-order valence-electron chi connectivity index (χ0n) is 17.2. The predicted octanol–water partition coefficient (Wildman–Crippen LogP) is 4.51. The lowest BCUT2D eigenvalue weighted by molar-refractivity contribution is -0.121. The molecule has 7 nitrogen and oxygen atoms in total. The summed E-state index contributed by atoms with van der Waals surface area (Å²) in [6.07, 6.45) is 1.83. The van der Waals surface area contributed by atoms with Crippen LogP contribution in [0.2, 0.25) is 0 Å². The number of hydrogen-bond donors (Lipinski definition) is 1. The highest BCUT2D eigenvalue weighted by molar-refractivity contribution is 7.99. The van der Waals surface area contributed by atoms with Crippen molar-refractivity contribution >= 4 is 35.0 Å². The molecule has 1 atom stereocenters. The van der Waals surface area contributed by atoms with E-state index in [2.05, 4.69) is 5.32 Å². The largest absolute Gasteiger partial charge is 0.497 e. The van der Waals surface area contributed by atoms with Gasteiger partial charge >= 0.3 is 0 Å². The predicted molar refractivity (Wildman–Crippen MR) is 119 cm³/mol. The third-order valence-corrected chi connectivity index (χ3v) is 6.21. The van der Waals surface area contributed by atoms with Crippen molar-refractivity contribution < 1.29 is 23.5 Å². The zero-order valence-corrected chi connectivity index (χ0v) is 18.0. The molecule has 0 unspecified atom stereocenters. The van der Waals surface area contributed by atoms with E-state index in [1.165, 1.54) is 12.0 Å². The number of nitrogens with one attached hydrogen (secondary N) is 1. The fraction of sp³-hybridized carbons (Fsp3) is 0.217. The molecule has 2 amide bonds. The van der Waals surface area contributed by atoms with Crippen LogP contribution in [-0.4, -0.2) is 32.6 Å². The monoisotopic (exact) mass is 438 g/mol. The summed E-state index contributed by atoms with van der Waals surface area (Å²) in [6.45, 7) is -0.123. The SMILES string of the molecule is COc1ccc(OC)c(NC(=O)CN2C(=O)C[C@@H](c3ccco3)Sc3ccccc32)c1. The molecule has 1 aromatic heterocycles. The molecule has 31 heavy (non-hydrogen) atoms. The average Bonchev–Trinajstić information content (AvgIpc) is 3.28. The van der Waals surface area contributed by atoms with Gasteiger partial charge in [0.25, 0.3) is 0 Å². The Bertz CT molecular complexity index is 1080. The summed E-state index contributed by atoms with van der Waals surface area (Å²) < 4.78 is 16.1. The van der Waals surface area contributed by atoms with Crippen LogP contribution in [0.1, 0.15) is 17.4 Å². The van der Waals surface area contributed by atoms with Crippen molar-refractivity contribution in [3.05, 3.63) is 66.6 Å². The molecule has 4 rings (SSSR count). The van der Waals surface area contributed by atoms with Crippen molar-refractivity contribution in [2.75, 3.05) is 31.0 Å². The number of ether oxygens (including phenoxy) is 2. The summed E-state index contributed by atoms with van der Waals surface area (Å²) in [5, 5.41) is 2.67. The fourth-order valence-corrected chi connectivity index (χ4v) is 4.67. The molecule has 0 fully saturated rings. The van der Waals surface area contributed by atoms with Crippen LogP contribution in [0.3, 0.4) is 0 Å². The van der Waals surface area contributed by atoms with Crippen molar-refractivity contribution in [1.29, 1.82) is 0 Å². The topological polar surface area (TPSA) is 81.0 Å². The molecular formula is C23H22N2O5S. The van der Waals surface area contributed by atoms with Gasteiger partial charge in [-0.05, 0) is 36.4 Å². The maximum absolute atomic E-state index is 13.1. The van der Waals surface area contributed by atoms with Crippen LogP contribution in [0.4, 0.5) is 11.4 Å². The van der Waals surface area contributed by atoms with Gasteiger partial charge in [0.15, 0.2) is 0 Å². The van der Waals surface area contributed by atoms with Crippen LogP contribution in [0.15, 0.2) is 70.2 Å². The Hall–Kier alpha value is -3.39. The molecule has 1 aliphatic rings. The standard InChI is InChI=1S/C23H22N2O5S/c1-28-15-9-10-18(29-2)16(12-15)24-22(26)14-25-17-6-3-4-8-20(17)31-21(13-23(25)27)19-7-5-11-30-19/h3-12,21H,13-14H2,1-2H3,(H,24,26)/t21-/m0/s1. The first-order valence-electron chi connectivity index (χ1n) is 9.70. The highest BCUT2D eigenvalue weighted by Crippen LogP contribution is 2.45. The summed E-state index contributed by atoms with van der Waals surface area (Å²) >= 11 is 1.56. The highest BCUT2D eigenvalue weighted by Gasteiger charge is 2.31. The number of para-hydroxylation sites is 1. The summed E-state index contributed by atoms with van der Waals surface area (Å²) in [4.78, 5) is 28.5. The first-order valence-corrected chi connectivity index (χ1v) is 10.6. The lowest BCUT2D eigenvalue weighted by Crippen LogP contribution is -2.38. The van der Waals surface area contributed by atoms with Gasteiger partial charge in [-0.1, -0.05) is 12.1 Å². The summed E-state index contributed by atoms with van der Waals surface area (Å²) in [7, 11) is 3.07. The fourth-order valence-electron chi connectivity index (χ4n) is 3.43. The second-order valence-corrected chi connectivity index (χ2v) is 8.13. The maximum atomic E-state index is 13.1. The Labute approximate surface area is 184 Å². The van der Waals surface area contributed by atoms with Gasteiger partial charge in [0.1, 0.15) is 23.8 Å². The van der Waals surface area contributed by atoms with E-state index in [-0.39, 0.29) is 30.0 Å². The van der Waals surface area contributed by atoms with Crippen LogP contribution in [0.5, 0.6) is 11.5 Å². The molecule has 0 bridgehead atoms. The van der Waals surface area contributed by atoms with E-state index < -0.39 is 0 Å². The van der Waals surface area contributed by atoms with Crippen molar-refractivity contribution in [2.24, 2.45) is 0 Å². The number of nitrogens with zero attached hydrogens (tertiary/aromatic N) is 1. The summed E-state index contributed by atoms with van der Waals surface area (Å²) in [5.74, 6) is 1.35. The van der Waals surface area contributed by atoms with Crippen LogP contribution in [-0.2, 0) is 9.59 Å². The number of rotatable bonds is 6. The van der Waals surface area contributed by atoms with Gasteiger partial charge < -0.3 is 24.1 Å². The molecule has 2 aromatic carbocycles. The number of amides is 2. The van der Waals surface area contributed by atoms with Crippen LogP contribution < -0.4 is 19.7 Å². The molecule has 2 heterocycles. The van der Waals surface area contributed by atoms with E-state index in [1.807, 2.05) is 36.4 Å². The van der Waals surface area contributed by atoms with E-state index in [0.29, 0.717) is 22.9 Å². The molecule has 0 spiro atoms. The zero-order chi connectivity index (χ0) is 21.8. The van der Waals surface area contributed by atoms with E-state index in [1.54, 1.807) is 43.3 Å². The molecule has 8 heteroatoms. The van der Waals surface area contributed by atoms with E-state index >= 15 is 0 Å². The first kappa shape index (κ1) is 20.9. The minimum atomic E-state index is -0.337. The smallest absolute Gasteiger partial charge is 0.244 e. The Kier molecular flexibility index (Phi) is 6.18. The Morgan fingerprint density at radius 3 is 2.74 bits per heavy atom. The number of benzene rings is 2. The number of thioether (sulfide) groups is 1. The van der Waals surface area contributed by atoms with Crippen molar-refractivity contribution in [3.8, 4) is 11.5 Å². The molecule has 0 radical (unpaired) electrons. The Morgan fingerprint density at radius 1 is 1.16 bits per heavy atom. The molecular weight excluding hydrogens is 416 g/mol. The van der Waals surface area contributed by atoms with Crippen molar-refractivity contribution in [2.45, 2.75) is 16.6 Å². The average molecular weight is 439 g/mol. The lowest BCUT2D eigenvalue weighted by Gasteiger charge is -2.22. The van der Waals surface area contributed by atoms with Gasteiger partial charge in [-0.2, -0.15) is 0 Å². The number of methoxy groups -OCH3 is 2. The molecule has 1 N–H and O–H groups in total. The highest BCUT2D eigenvalue weighted by atomic mass is 32.2. The second kappa shape index (κ2) is 9.18.